The van der Waals surface area contributed by atoms with Crippen LogP contribution in [-0.4, -0.2) is 29.0 Å². The van der Waals surface area contributed by atoms with Gasteiger partial charge in [-0.2, -0.15) is 13.2 Å². The van der Waals surface area contributed by atoms with Gasteiger partial charge >= 0.3 is 6.18 Å². The summed E-state index contributed by atoms with van der Waals surface area (Å²) >= 11 is 3.02. The minimum atomic E-state index is -4.40. The second kappa shape index (κ2) is 5.46. The summed E-state index contributed by atoms with van der Waals surface area (Å²) in [6.07, 6.45) is -4.40. The smallest absolute Gasteiger partial charge is 0.394 e. The van der Waals surface area contributed by atoms with Crippen molar-refractivity contribution in [3.8, 4) is 0 Å². The molecular formula is C11H13BrF3NO2. The number of rotatable bonds is 4. The third kappa shape index (κ3) is 3.60. The summed E-state index contributed by atoms with van der Waals surface area (Å²) in [5, 5.41) is 21.0. The first-order chi connectivity index (χ1) is 8.22. The summed E-state index contributed by atoms with van der Waals surface area (Å²) in [6.45, 7) is 0.852. The molecule has 0 heterocycles. The fourth-order valence-electron chi connectivity index (χ4n) is 1.25. The van der Waals surface area contributed by atoms with Crippen molar-refractivity contribution >= 4 is 21.6 Å². The summed E-state index contributed by atoms with van der Waals surface area (Å²) in [6, 6.07) is 3.12. The number of anilines is 1. The Morgan fingerprint density at radius 2 is 1.78 bits per heavy atom. The molecule has 102 valence electrons. The van der Waals surface area contributed by atoms with E-state index in [4.69, 9.17) is 10.2 Å². The molecule has 3 nitrogen and oxygen atoms in total. The van der Waals surface area contributed by atoms with Crippen LogP contribution in [-0.2, 0) is 6.18 Å². The van der Waals surface area contributed by atoms with Crippen molar-refractivity contribution in [2.24, 2.45) is 0 Å². The van der Waals surface area contributed by atoms with Gasteiger partial charge in [-0.3, -0.25) is 0 Å². The molecule has 0 atom stereocenters. The molecule has 7 heteroatoms. The molecule has 0 saturated carbocycles. The van der Waals surface area contributed by atoms with E-state index in [1.54, 1.807) is 6.92 Å². The van der Waals surface area contributed by atoms with Crippen LogP contribution in [0, 0.1) is 0 Å². The number of hydrogen-bond acceptors (Lipinski definition) is 3. The lowest BCUT2D eigenvalue weighted by molar-refractivity contribution is -0.137. The number of alkyl halides is 3. The molecule has 0 saturated heterocycles. The van der Waals surface area contributed by atoms with Crippen LogP contribution >= 0.6 is 15.9 Å². The normalized spacial score (nSPS) is 12.6. The minimum Gasteiger partial charge on any atom is -0.394 e. The van der Waals surface area contributed by atoms with Gasteiger partial charge in [0.2, 0.25) is 0 Å². The predicted octanol–water partition coefficient (Wildman–Crippen LogP) is 2.62. The van der Waals surface area contributed by atoms with E-state index in [0.717, 1.165) is 12.1 Å². The highest BCUT2D eigenvalue weighted by molar-refractivity contribution is 9.10. The van der Waals surface area contributed by atoms with Gasteiger partial charge in [0.15, 0.2) is 0 Å². The monoisotopic (exact) mass is 327 g/mol. The molecule has 0 unspecified atom stereocenters. The van der Waals surface area contributed by atoms with Crippen molar-refractivity contribution in [2.45, 2.75) is 18.6 Å². The van der Waals surface area contributed by atoms with Gasteiger partial charge in [-0.1, -0.05) is 0 Å². The Morgan fingerprint density at radius 1 is 1.22 bits per heavy atom. The molecule has 0 aliphatic heterocycles. The van der Waals surface area contributed by atoms with E-state index >= 15 is 0 Å². The lowest BCUT2D eigenvalue weighted by Crippen LogP contribution is -2.42. The fourth-order valence-corrected chi connectivity index (χ4v) is 1.72. The third-order valence-corrected chi connectivity index (χ3v) is 3.09. The molecule has 0 aromatic heterocycles. The van der Waals surface area contributed by atoms with Crippen LogP contribution in [0.15, 0.2) is 22.7 Å². The van der Waals surface area contributed by atoms with Crippen LogP contribution in [0.5, 0.6) is 0 Å². The Kier molecular flexibility index (Phi) is 4.63. The summed E-state index contributed by atoms with van der Waals surface area (Å²) in [7, 11) is 0. The number of benzene rings is 1. The van der Waals surface area contributed by atoms with E-state index in [-0.39, 0.29) is 17.7 Å². The van der Waals surface area contributed by atoms with Crippen LogP contribution in [0.3, 0.4) is 0 Å². The van der Waals surface area contributed by atoms with Crippen molar-refractivity contribution < 1.29 is 23.4 Å². The molecule has 0 spiro atoms. The molecule has 1 aromatic rings. The molecular weight excluding hydrogens is 315 g/mol. The largest absolute Gasteiger partial charge is 0.416 e. The molecule has 0 bridgehead atoms. The molecule has 3 N–H and O–H groups in total. The minimum absolute atomic E-state index is 0.213. The Morgan fingerprint density at radius 3 is 2.17 bits per heavy atom. The standard InChI is InChI=1S/C11H13BrF3NO2/c1-10(5-17,6-18)16-9-3-2-7(4-8(9)12)11(13,14)15/h2-4,16-18H,5-6H2,1H3. The van der Waals surface area contributed by atoms with Gasteiger partial charge in [-0.15, -0.1) is 0 Å². The quantitative estimate of drug-likeness (QED) is 0.796. The maximum atomic E-state index is 12.4. The van der Waals surface area contributed by atoms with Gasteiger partial charge in [0, 0.05) is 10.2 Å². The second-order valence-corrected chi connectivity index (χ2v) is 5.05. The number of aliphatic hydroxyl groups excluding tert-OH is 2. The molecule has 0 fully saturated rings. The highest BCUT2D eigenvalue weighted by atomic mass is 79.9. The molecule has 0 aliphatic carbocycles. The van der Waals surface area contributed by atoms with Crippen LogP contribution in [0.4, 0.5) is 18.9 Å². The fraction of sp³-hybridized carbons (Fsp3) is 0.455. The average molecular weight is 328 g/mol. The van der Waals surface area contributed by atoms with Gasteiger partial charge in [0.1, 0.15) is 0 Å². The molecule has 1 aromatic carbocycles. The highest BCUT2D eigenvalue weighted by Crippen LogP contribution is 2.34. The topological polar surface area (TPSA) is 52.5 Å². The number of halogens is 4. The van der Waals surface area contributed by atoms with Crippen LogP contribution in [0.1, 0.15) is 12.5 Å². The van der Waals surface area contributed by atoms with Gasteiger partial charge in [-0.05, 0) is 41.1 Å². The number of nitrogens with one attached hydrogen (secondary N) is 1. The highest BCUT2D eigenvalue weighted by Gasteiger charge is 2.31. The predicted molar refractivity (Wildman–Crippen MR) is 65.3 cm³/mol. The first-order valence-electron chi connectivity index (χ1n) is 5.08. The maximum absolute atomic E-state index is 12.4. The van der Waals surface area contributed by atoms with Crippen LogP contribution in [0.2, 0.25) is 0 Å². The molecule has 0 aliphatic rings. The Hall–Kier alpha value is -0.790. The summed E-state index contributed by atoms with van der Waals surface area (Å²) in [5.41, 5.74) is -1.40. The molecule has 18 heavy (non-hydrogen) atoms. The lowest BCUT2D eigenvalue weighted by Gasteiger charge is -2.28. The van der Waals surface area contributed by atoms with Crippen LogP contribution < -0.4 is 5.32 Å². The maximum Gasteiger partial charge on any atom is 0.416 e. The van der Waals surface area contributed by atoms with Gasteiger partial charge in [0.05, 0.1) is 24.3 Å². The number of hydrogen-bond donors (Lipinski definition) is 3. The Bertz CT molecular complexity index is 419. The molecule has 1 rings (SSSR count). The zero-order chi connectivity index (χ0) is 14.0. The zero-order valence-corrected chi connectivity index (χ0v) is 11.1. The van der Waals surface area contributed by atoms with Crippen molar-refractivity contribution in [3.63, 3.8) is 0 Å². The lowest BCUT2D eigenvalue weighted by atomic mass is 10.0. The number of aliphatic hydroxyl groups is 2. The zero-order valence-electron chi connectivity index (χ0n) is 9.55. The second-order valence-electron chi connectivity index (χ2n) is 4.19. The SMILES string of the molecule is CC(CO)(CO)Nc1ccc(C(F)(F)F)cc1Br. The first-order valence-corrected chi connectivity index (χ1v) is 5.88. The van der Waals surface area contributed by atoms with E-state index in [0.29, 0.717) is 5.69 Å². The van der Waals surface area contributed by atoms with E-state index in [9.17, 15) is 13.2 Å². The van der Waals surface area contributed by atoms with Gasteiger partial charge in [0.25, 0.3) is 0 Å². The van der Waals surface area contributed by atoms with Gasteiger partial charge < -0.3 is 15.5 Å². The van der Waals surface area contributed by atoms with Crippen molar-refractivity contribution in [1.82, 2.24) is 0 Å². The van der Waals surface area contributed by atoms with Crippen molar-refractivity contribution in [3.05, 3.63) is 28.2 Å². The summed E-state index contributed by atoms with van der Waals surface area (Å²) < 4.78 is 37.6. The molecule has 0 radical (unpaired) electrons. The van der Waals surface area contributed by atoms with E-state index in [2.05, 4.69) is 21.2 Å². The van der Waals surface area contributed by atoms with Crippen LogP contribution in [0.25, 0.3) is 0 Å². The van der Waals surface area contributed by atoms with Crippen molar-refractivity contribution in [2.75, 3.05) is 18.5 Å². The van der Waals surface area contributed by atoms with Gasteiger partial charge in [-0.25, -0.2) is 0 Å². The Balaban J connectivity index is 3.00. The third-order valence-electron chi connectivity index (χ3n) is 2.43. The van der Waals surface area contributed by atoms with E-state index in [1.807, 2.05) is 0 Å². The molecule has 0 amide bonds. The summed E-state index contributed by atoms with van der Waals surface area (Å²) in [4.78, 5) is 0. The van der Waals surface area contributed by atoms with Crippen molar-refractivity contribution in [1.29, 1.82) is 0 Å². The van der Waals surface area contributed by atoms with E-state index in [1.165, 1.54) is 6.07 Å². The summed E-state index contributed by atoms with van der Waals surface area (Å²) in [5.74, 6) is 0. The Labute approximate surface area is 111 Å². The van der Waals surface area contributed by atoms with E-state index < -0.39 is 17.3 Å². The first kappa shape index (κ1) is 15.3. The average Bonchev–Trinajstić information content (AvgIpc) is 2.30.